The fourth-order valence-corrected chi connectivity index (χ4v) is 6.85. The lowest BCUT2D eigenvalue weighted by atomic mass is 9.95. The highest BCUT2D eigenvalue weighted by Gasteiger charge is 2.54. The van der Waals surface area contributed by atoms with Gasteiger partial charge < -0.3 is 14.5 Å². The standard InChI is InChI=1S/C33H39Cl2N5O5S/c1-5-45-28-20-26(46(4,43)44)14-15-27(28)33(32(42)40-18-16-39(17-19-40)21-29(41)38(2)3)36-30(22-6-10-24(34)11-7-22)31(37-33)23-8-12-25(35)13-9-23/h6-15,20,30-31,36-37H,5,16-19,21H2,1-4H3. The van der Waals surface area contributed by atoms with E-state index >= 15 is 0 Å². The zero-order chi connectivity index (χ0) is 33.2. The van der Waals surface area contributed by atoms with Crippen molar-refractivity contribution in [2.24, 2.45) is 0 Å². The second kappa shape index (κ2) is 13.9. The van der Waals surface area contributed by atoms with Gasteiger partial charge >= 0.3 is 0 Å². The molecule has 2 aliphatic rings. The molecular weight excluding hydrogens is 649 g/mol. The molecule has 2 saturated heterocycles. The molecule has 46 heavy (non-hydrogen) atoms. The quantitative estimate of drug-likeness (QED) is 0.349. The fourth-order valence-electron chi connectivity index (χ4n) is 5.96. The Morgan fingerprint density at radius 1 is 0.891 bits per heavy atom. The molecule has 2 N–H and O–H groups in total. The molecule has 2 atom stereocenters. The van der Waals surface area contributed by atoms with Gasteiger partial charge in [0, 0.05) is 62.1 Å². The number of sulfone groups is 1. The lowest BCUT2D eigenvalue weighted by Gasteiger charge is -2.40. The van der Waals surface area contributed by atoms with E-state index in [1.54, 1.807) is 54.2 Å². The van der Waals surface area contributed by atoms with Crippen molar-refractivity contribution in [3.8, 4) is 5.75 Å². The van der Waals surface area contributed by atoms with Crippen LogP contribution in [0, 0.1) is 0 Å². The van der Waals surface area contributed by atoms with E-state index in [-0.39, 0.29) is 35.6 Å². The van der Waals surface area contributed by atoms with Crippen LogP contribution in [-0.2, 0) is 25.1 Å². The van der Waals surface area contributed by atoms with Gasteiger partial charge in [0.15, 0.2) is 15.5 Å². The molecule has 0 spiro atoms. The predicted octanol–water partition coefficient (Wildman–Crippen LogP) is 3.86. The van der Waals surface area contributed by atoms with Crippen molar-refractivity contribution in [2.75, 3.05) is 59.7 Å². The monoisotopic (exact) mass is 687 g/mol. The lowest BCUT2D eigenvalue weighted by molar-refractivity contribution is -0.142. The summed E-state index contributed by atoms with van der Waals surface area (Å²) >= 11 is 12.5. The number of nitrogens with one attached hydrogen (secondary N) is 2. The predicted molar refractivity (Wildman–Crippen MR) is 179 cm³/mol. The van der Waals surface area contributed by atoms with Crippen LogP contribution in [0.5, 0.6) is 5.75 Å². The average Bonchev–Trinajstić information content (AvgIpc) is 3.43. The van der Waals surface area contributed by atoms with Crippen LogP contribution in [0.2, 0.25) is 10.0 Å². The number of rotatable bonds is 9. The fraction of sp³-hybridized carbons (Fsp3) is 0.394. The summed E-state index contributed by atoms with van der Waals surface area (Å²) in [6, 6.07) is 18.7. The van der Waals surface area contributed by atoms with Crippen molar-refractivity contribution < 1.29 is 22.7 Å². The first-order valence-electron chi connectivity index (χ1n) is 15.1. The van der Waals surface area contributed by atoms with Gasteiger partial charge in [-0.3, -0.25) is 25.1 Å². The van der Waals surface area contributed by atoms with Crippen molar-refractivity contribution in [1.82, 2.24) is 25.3 Å². The number of piperazine rings is 1. The van der Waals surface area contributed by atoms with Crippen LogP contribution in [0.1, 0.15) is 35.7 Å². The van der Waals surface area contributed by atoms with Gasteiger partial charge in [-0.1, -0.05) is 53.5 Å². The van der Waals surface area contributed by atoms with Crippen LogP contribution in [0.15, 0.2) is 71.6 Å². The third-order valence-electron chi connectivity index (χ3n) is 8.46. The number of ether oxygens (including phenoxy) is 1. The van der Waals surface area contributed by atoms with Gasteiger partial charge in [0.25, 0.3) is 5.91 Å². The van der Waals surface area contributed by atoms with Crippen LogP contribution in [-0.4, -0.2) is 94.6 Å². The molecule has 3 aromatic carbocycles. The third kappa shape index (κ3) is 7.20. The normalized spacial score (nSPS) is 22.1. The maximum atomic E-state index is 15.0. The molecule has 13 heteroatoms. The summed E-state index contributed by atoms with van der Waals surface area (Å²) in [5, 5.41) is 8.47. The Balaban J connectivity index is 1.62. The van der Waals surface area contributed by atoms with Crippen molar-refractivity contribution in [2.45, 2.75) is 29.6 Å². The highest BCUT2D eigenvalue weighted by Crippen LogP contribution is 2.45. The van der Waals surface area contributed by atoms with Crippen molar-refractivity contribution >= 4 is 44.9 Å². The summed E-state index contributed by atoms with van der Waals surface area (Å²) in [4.78, 5) is 32.8. The second-order valence-corrected chi connectivity index (χ2v) is 14.7. The van der Waals surface area contributed by atoms with E-state index in [4.69, 9.17) is 27.9 Å². The molecular formula is C33H39Cl2N5O5S. The van der Waals surface area contributed by atoms with Gasteiger partial charge in [-0.2, -0.15) is 0 Å². The van der Waals surface area contributed by atoms with Crippen molar-refractivity contribution in [3.63, 3.8) is 0 Å². The summed E-state index contributed by atoms with van der Waals surface area (Å²) in [5.41, 5.74) is 0.734. The largest absolute Gasteiger partial charge is 0.493 e. The van der Waals surface area contributed by atoms with Gasteiger partial charge in [0.1, 0.15) is 5.75 Å². The lowest BCUT2D eigenvalue weighted by Crippen LogP contribution is -2.62. The van der Waals surface area contributed by atoms with E-state index in [2.05, 4.69) is 10.6 Å². The number of hydrogen-bond acceptors (Lipinski definition) is 8. The minimum absolute atomic E-state index is 0.000641. The van der Waals surface area contributed by atoms with Crippen LogP contribution < -0.4 is 15.4 Å². The van der Waals surface area contributed by atoms with E-state index < -0.39 is 27.6 Å². The number of amides is 2. The van der Waals surface area contributed by atoms with Crippen molar-refractivity contribution in [3.05, 3.63) is 93.5 Å². The first-order valence-corrected chi connectivity index (χ1v) is 17.7. The van der Waals surface area contributed by atoms with Crippen LogP contribution in [0.25, 0.3) is 0 Å². The van der Waals surface area contributed by atoms with E-state index in [0.29, 0.717) is 41.8 Å². The van der Waals surface area contributed by atoms with Gasteiger partial charge in [0.2, 0.25) is 5.91 Å². The molecule has 2 heterocycles. The van der Waals surface area contributed by atoms with E-state index in [9.17, 15) is 18.0 Å². The molecule has 0 radical (unpaired) electrons. The average molecular weight is 689 g/mol. The van der Waals surface area contributed by atoms with Gasteiger partial charge in [-0.15, -0.1) is 0 Å². The third-order valence-corrected chi connectivity index (χ3v) is 10.1. The molecule has 0 saturated carbocycles. The number of hydrogen-bond donors (Lipinski definition) is 2. The summed E-state index contributed by atoms with van der Waals surface area (Å²) in [7, 11) is -0.111. The molecule has 2 amide bonds. The number of carbonyl (C=O) groups excluding carboxylic acids is 2. The Hall–Kier alpha value is -3.19. The maximum absolute atomic E-state index is 15.0. The van der Waals surface area contributed by atoms with E-state index in [1.165, 1.54) is 12.1 Å². The van der Waals surface area contributed by atoms with Gasteiger partial charge in [0.05, 0.1) is 30.1 Å². The summed E-state index contributed by atoms with van der Waals surface area (Å²) in [5.74, 6) is 0.0366. The molecule has 10 nitrogen and oxygen atoms in total. The zero-order valence-corrected chi connectivity index (χ0v) is 28.6. The molecule has 3 aromatic rings. The molecule has 2 aliphatic heterocycles. The first kappa shape index (κ1) is 34.2. The number of likely N-dealkylation sites (N-methyl/N-ethyl adjacent to an activating group) is 1. The van der Waals surface area contributed by atoms with E-state index in [1.807, 2.05) is 36.1 Å². The highest BCUT2D eigenvalue weighted by atomic mass is 35.5. The summed E-state index contributed by atoms with van der Waals surface area (Å²) < 4.78 is 31.1. The van der Waals surface area contributed by atoms with E-state index in [0.717, 1.165) is 17.4 Å². The molecule has 5 rings (SSSR count). The summed E-state index contributed by atoms with van der Waals surface area (Å²) in [6.45, 7) is 4.17. The number of benzene rings is 3. The Kier molecular flexibility index (Phi) is 10.3. The molecule has 246 valence electrons. The molecule has 2 fully saturated rings. The molecule has 0 aromatic heterocycles. The SMILES string of the molecule is CCOc1cc(S(C)(=O)=O)ccc1C1(C(=O)N2CCN(CC(=O)N(C)C)CC2)NC(c2ccc(Cl)cc2)C(c2ccc(Cl)cc2)N1. The maximum Gasteiger partial charge on any atom is 0.262 e. The smallest absolute Gasteiger partial charge is 0.262 e. The minimum atomic E-state index is -3.56. The van der Waals surface area contributed by atoms with Crippen LogP contribution in [0.4, 0.5) is 0 Å². The Morgan fingerprint density at radius 3 is 1.87 bits per heavy atom. The van der Waals surface area contributed by atoms with Crippen LogP contribution in [0.3, 0.4) is 0 Å². The van der Waals surface area contributed by atoms with Crippen molar-refractivity contribution in [1.29, 1.82) is 0 Å². The van der Waals surface area contributed by atoms with Gasteiger partial charge in [-0.05, 0) is 54.4 Å². The Bertz CT molecular complexity index is 1620. The second-order valence-electron chi connectivity index (χ2n) is 11.8. The molecule has 0 bridgehead atoms. The molecule has 0 aliphatic carbocycles. The Morgan fingerprint density at radius 2 is 1.41 bits per heavy atom. The van der Waals surface area contributed by atoms with Crippen LogP contribution >= 0.6 is 23.2 Å². The number of carbonyl (C=O) groups is 2. The van der Waals surface area contributed by atoms with Gasteiger partial charge in [-0.25, -0.2) is 8.42 Å². The number of nitrogens with zero attached hydrogens (tertiary/aromatic N) is 3. The highest BCUT2D eigenvalue weighted by molar-refractivity contribution is 7.90. The topological polar surface area (TPSA) is 111 Å². The minimum Gasteiger partial charge on any atom is -0.493 e. The zero-order valence-electron chi connectivity index (χ0n) is 26.3. The first-order chi connectivity index (χ1) is 21.8. The molecule has 2 unspecified atom stereocenters. The summed E-state index contributed by atoms with van der Waals surface area (Å²) in [6.07, 6.45) is 1.14. The number of halogens is 2. The Labute approximate surface area is 280 Å².